The number of hydrogen-bond donors (Lipinski definition) is 2. The first kappa shape index (κ1) is 16.7. The monoisotopic (exact) mass is 301 g/mol. The summed E-state index contributed by atoms with van der Waals surface area (Å²) in [4.78, 5) is 2.37. The minimum atomic E-state index is -3.22. The average molecular weight is 301 g/mol. The normalized spacial score (nSPS) is 11.8. The first-order valence-corrected chi connectivity index (χ1v) is 8.24. The smallest absolute Gasteiger partial charge is 0.175 e. The molecule has 0 bridgehead atoms. The lowest BCUT2D eigenvalue weighted by atomic mass is 10.2. The van der Waals surface area contributed by atoms with Crippen molar-refractivity contribution < 1.29 is 13.2 Å². The van der Waals surface area contributed by atoms with Gasteiger partial charge in [-0.2, -0.15) is 0 Å². The molecule has 0 heterocycles. The molecule has 7 heteroatoms. The Morgan fingerprint density at radius 2 is 2.05 bits per heavy atom. The summed E-state index contributed by atoms with van der Waals surface area (Å²) < 4.78 is 27.8. The summed E-state index contributed by atoms with van der Waals surface area (Å²) in [6, 6.07) is 4.73. The first-order valence-electron chi connectivity index (χ1n) is 6.35. The highest BCUT2D eigenvalue weighted by atomic mass is 32.2. The van der Waals surface area contributed by atoms with Gasteiger partial charge < -0.3 is 20.7 Å². The predicted molar refractivity (Wildman–Crippen MR) is 81.8 cm³/mol. The number of nitrogens with one attached hydrogen (secondary N) is 1. The van der Waals surface area contributed by atoms with Gasteiger partial charge >= 0.3 is 0 Å². The fourth-order valence-corrected chi connectivity index (χ4v) is 2.33. The molecule has 20 heavy (non-hydrogen) atoms. The largest absolute Gasteiger partial charge is 0.397 e. The van der Waals surface area contributed by atoms with Crippen LogP contribution < -0.4 is 11.1 Å². The van der Waals surface area contributed by atoms with Crippen molar-refractivity contribution in [2.75, 3.05) is 57.7 Å². The maximum absolute atomic E-state index is 11.4. The van der Waals surface area contributed by atoms with E-state index in [-0.39, 0.29) is 4.90 Å². The Hall–Kier alpha value is -1.31. The quantitative estimate of drug-likeness (QED) is 0.686. The van der Waals surface area contributed by atoms with Gasteiger partial charge in [0, 0.05) is 33.0 Å². The van der Waals surface area contributed by atoms with Crippen molar-refractivity contribution >= 4 is 21.2 Å². The number of nitrogen functional groups attached to an aromatic ring is 1. The van der Waals surface area contributed by atoms with Gasteiger partial charge in [0.15, 0.2) is 9.84 Å². The highest BCUT2D eigenvalue weighted by molar-refractivity contribution is 7.90. The number of methoxy groups -OCH3 is 1. The average Bonchev–Trinajstić information content (AvgIpc) is 2.37. The van der Waals surface area contributed by atoms with E-state index >= 15 is 0 Å². The fraction of sp³-hybridized carbons (Fsp3) is 0.538. The van der Waals surface area contributed by atoms with Crippen molar-refractivity contribution in [2.24, 2.45) is 0 Å². The summed E-state index contributed by atoms with van der Waals surface area (Å²) in [5.74, 6) is 0. The SMILES string of the molecule is COCCN(C)CCNc1ccc(S(C)(=O)=O)cc1N. The van der Waals surface area contributed by atoms with Crippen molar-refractivity contribution in [2.45, 2.75) is 4.90 Å². The molecule has 0 saturated heterocycles. The van der Waals surface area contributed by atoms with Crippen molar-refractivity contribution in [1.29, 1.82) is 0 Å². The van der Waals surface area contributed by atoms with Crippen LogP contribution in [0.1, 0.15) is 0 Å². The highest BCUT2D eigenvalue weighted by Gasteiger charge is 2.09. The van der Waals surface area contributed by atoms with Crippen LogP contribution in [-0.2, 0) is 14.6 Å². The second kappa shape index (κ2) is 7.47. The molecule has 0 fully saturated rings. The molecule has 0 radical (unpaired) electrons. The van der Waals surface area contributed by atoms with E-state index in [2.05, 4.69) is 10.2 Å². The van der Waals surface area contributed by atoms with Crippen molar-refractivity contribution in [1.82, 2.24) is 4.90 Å². The molecular formula is C13H23N3O3S. The number of nitrogens with zero attached hydrogens (tertiary/aromatic N) is 1. The summed E-state index contributed by atoms with van der Waals surface area (Å²) in [5.41, 5.74) is 7.04. The zero-order valence-corrected chi connectivity index (χ0v) is 13.0. The molecule has 1 aromatic carbocycles. The molecule has 0 atom stereocenters. The third-order valence-corrected chi connectivity index (χ3v) is 4.05. The summed E-state index contributed by atoms with van der Waals surface area (Å²) >= 11 is 0. The van der Waals surface area contributed by atoms with Crippen LogP contribution in [0.2, 0.25) is 0 Å². The van der Waals surface area contributed by atoms with Gasteiger partial charge in [-0.25, -0.2) is 8.42 Å². The van der Waals surface area contributed by atoms with Gasteiger partial charge in [-0.05, 0) is 25.2 Å². The summed E-state index contributed by atoms with van der Waals surface area (Å²) in [5, 5.41) is 3.20. The summed E-state index contributed by atoms with van der Waals surface area (Å²) in [7, 11) is 0.471. The van der Waals surface area contributed by atoms with Gasteiger partial charge in [0.05, 0.1) is 22.9 Å². The van der Waals surface area contributed by atoms with E-state index < -0.39 is 9.84 Å². The second-order valence-electron chi connectivity index (χ2n) is 4.74. The summed E-state index contributed by atoms with van der Waals surface area (Å²) in [6.45, 7) is 3.13. The molecule has 114 valence electrons. The zero-order chi connectivity index (χ0) is 15.2. The molecule has 0 saturated carbocycles. The van der Waals surface area contributed by atoms with Crippen LogP contribution in [0.4, 0.5) is 11.4 Å². The van der Waals surface area contributed by atoms with E-state index in [0.29, 0.717) is 12.3 Å². The molecular weight excluding hydrogens is 278 g/mol. The Morgan fingerprint density at radius 1 is 1.35 bits per heavy atom. The van der Waals surface area contributed by atoms with E-state index in [9.17, 15) is 8.42 Å². The number of likely N-dealkylation sites (N-methyl/N-ethyl adjacent to an activating group) is 1. The highest BCUT2D eigenvalue weighted by Crippen LogP contribution is 2.22. The van der Waals surface area contributed by atoms with E-state index in [0.717, 1.165) is 25.3 Å². The zero-order valence-electron chi connectivity index (χ0n) is 12.2. The van der Waals surface area contributed by atoms with Gasteiger partial charge in [0.2, 0.25) is 0 Å². The number of benzene rings is 1. The van der Waals surface area contributed by atoms with Gasteiger partial charge in [0.1, 0.15) is 0 Å². The predicted octanol–water partition coefficient (Wildman–Crippen LogP) is 0.662. The molecule has 1 aromatic rings. The molecule has 0 aliphatic rings. The molecule has 0 amide bonds. The van der Waals surface area contributed by atoms with Gasteiger partial charge in [-0.3, -0.25) is 0 Å². The van der Waals surface area contributed by atoms with Gasteiger partial charge in [-0.15, -0.1) is 0 Å². The molecule has 0 aliphatic carbocycles. The maximum Gasteiger partial charge on any atom is 0.175 e. The molecule has 3 N–H and O–H groups in total. The van der Waals surface area contributed by atoms with Crippen LogP contribution in [0, 0.1) is 0 Å². The third kappa shape index (κ3) is 5.36. The minimum Gasteiger partial charge on any atom is -0.397 e. The Morgan fingerprint density at radius 3 is 2.60 bits per heavy atom. The van der Waals surface area contributed by atoms with Gasteiger partial charge in [-0.1, -0.05) is 0 Å². The number of rotatable bonds is 8. The number of sulfone groups is 1. The first-order chi connectivity index (χ1) is 9.34. The fourth-order valence-electron chi connectivity index (χ4n) is 1.67. The molecule has 1 rings (SSSR count). The molecule has 0 unspecified atom stereocenters. The summed E-state index contributed by atoms with van der Waals surface area (Å²) in [6.07, 6.45) is 1.17. The lowest BCUT2D eigenvalue weighted by molar-refractivity contribution is 0.163. The van der Waals surface area contributed by atoms with E-state index in [4.69, 9.17) is 10.5 Å². The van der Waals surface area contributed by atoms with Crippen LogP contribution in [0.15, 0.2) is 23.1 Å². The van der Waals surface area contributed by atoms with Crippen LogP contribution >= 0.6 is 0 Å². The Kier molecular flexibility index (Phi) is 6.25. The Bertz CT molecular complexity index is 532. The lowest BCUT2D eigenvalue weighted by Gasteiger charge is -2.17. The van der Waals surface area contributed by atoms with Crippen LogP contribution in [-0.4, -0.2) is 60.0 Å². The second-order valence-corrected chi connectivity index (χ2v) is 6.76. The molecule has 0 aromatic heterocycles. The number of hydrogen-bond acceptors (Lipinski definition) is 6. The van der Waals surface area contributed by atoms with Crippen LogP contribution in [0.3, 0.4) is 0 Å². The standard InChI is InChI=1S/C13H23N3O3S/c1-16(8-9-19-2)7-6-15-13-5-4-11(10-12(13)14)20(3,17)18/h4-5,10,15H,6-9,14H2,1-3H3. The lowest BCUT2D eigenvalue weighted by Crippen LogP contribution is -2.28. The van der Waals surface area contributed by atoms with Crippen LogP contribution in [0.25, 0.3) is 0 Å². The maximum atomic E-state index is 11.4. The number of ether oxygens (including phenoxy) is 1. The topological polar surface area (TPSA) is 84.7 Å². The van der Waals surface area contributed by atoms with Gasteiger partial charge in [0.25, 0.3) is 0 Å². The van der Waals surface area contributed by atoms with Crippen molar-refractivity contribution in [3.63, 3.8) is 0 Å². The van der Waals surface area contributed by atoms with Crippen LogP contribution in [0.5, 0.6) is 0 Å². The number of nitrogens with two attached hydrogens (primary N) is 1. The molecule has 0 spiro atoms. The molecule has 0 aliphatic heterocycles. The minimum absolute atomic E-state index is 0.234. The number of anilines is 2. The van der Waals surface area contributed by atoms with E-state index in [1.54, 1.807) is 19.2 Å². The van der Waals surface area contributed by atoms with E-state index in [1.807, 2.05) is 7.05 Å². The van der Waals surface area contributed by atoms with E-state index in [1.165, 1.54) is 12.3 Å². The third-order valence-electron chi connectivity index (χ3n) is 2.94. The Balaban J connectivity index is 2.53. The van der Waals surface area contributed by atoms with Crippen molar-refractivity contribution in [3.8, 4) is 0 Å². The molecule has 6 nitrogen and oxygen atoms in total. The van der Waals surface area contributed by atoms with Crippen molar-refractivity contribution in [3.05, 3.63) is 18.2 Å². The Labute approximate surface area is 120 Å².